The summed E-state index contributed by atoms with van der Waals surface area (Å²) in [6.07, 6.45) is 0.984. The van der Waals surface area contributed by atoms with Crippen LogP contribution in [0.15, 0.2) is 47.1 Å². The van der Waals surface area contributed by atoms with E-state index in [1.54, 1.807) is 33.8 Å². The average Bonchev–Trinajstić information content (AvgIpc) is 2.53. The third kappa shape index (κ3) is 4.16. The quantitative estimate of drug-likeness (QED) is 0.758. The number of hydrogen-bond donors (Lipinski definition) is 0. The van der Waals surface area contributed by atoms with Crippen molar-refractivity contribution in [1.82, 2.24) is 4.90 Å². The van der Waals surface area contributed by atoms with Crippen LogP contribution in [0, 0.1) is 5.92 Å². The first-order chi connectivity index (χ1) is 11.7. The van der Waals surface area contributed by atoms with E-state index in [1.165, 1.54) is 4.90 Å². The largest absolute Gasteiger partial charge is 0.443 e. The number of hydrogen-bond acceptors (Lipinski definition) is 4. The molecule has 0 bridgehead atoms. The standard InChI is InChI=1S/C20H26N2O3/c1-7-15-18(23)22(19(24)25-20(4,5)6)17(13(2)3)16(21-15)14-11-9-8-10-12-14/h7-13,17H,1-6H3/b15-7-/t17-/m0/s1. The number of allylic oxidation sites excluding steroid dienone is 1. The number of carbonyl (C=O) groups is 2. The van der Waals surface area contributed by atoms with Crippen molar-refractivity contribution < 1.29 is 14.3 Å². The summed E-state index contributed by atoms with van der Waals surface area (Å²) < 4.78 is 5.49. The van der Waals surface area contributed by atoms with Gasteiger partial charge in [0.05, 0.1) is 11.8 Å². The van der Waals surface area contributed by atoms with Crippen molar-refractivity contribution in [2.75, 3.05) is 0 Å². The smallest absolute Gasteiger partial charge is 0.418 e. The van der Waals surface area contributed by atoms with Crippen molar-refractivity contribution in [3.8, 4) is 0 Å². The highest BCUT2D eigenvalue weighted by Crippen LogP contribution is 2.27. The number of carbonyl (C=O) groups excluding carboxylic acids is 2. The molecule has 2 amide bonds. The highest BCUT2D eigenvalue weighted by molar-refractivity contribution is 6.16. The first-order valence-corrected chi connectivity index (χ1v) is 8.52. The summed E-state index contributed by atoms with van der Waals surface area (Å²) >= 11 is 0. The lowest BCUT2D eigenvalue weighted by Gasteiger charge is -2.37. The highest BCUT2D eigenvalue weighted by atomic mass is 16.6. The lowest BCUT2D eigenvalue weighted by atomic mass is 9.90. The SMILES string of the molecule is C/C=C1\N=C(c2ccccc2)[C@H](C(C)C)N(C(=O)OC(C)(C)C)C1=O. The maximum Gasteiger partial charge on any atom is 0.418 e. The van der Waals surface area contributed by atoms with Gasteiger partial charge in [0.25, 0.3) is 5.91 Å². The Bertz CT molecular complexity index is 712. The zero-order chi connectivity index (χ0) is 18.8. The first-order valence-electron chi connectivity index (χ1n) is 8.52. The number of rotatable bonds is 2. The summed E-state index contributed by atoms with van der Waals surface area (Å²) in [5, 5.41) is 0. The fourth-order valence-electron chi connectivity index (χ4n) is 2.77. The molecule has 0 radical (unpaired) electrons. The summed E-state index contributed by atoms with van der Waals surface area (Å²) in [7, 11) is 0. The third-order valence-electron chi connectivity index (χ3n) is 3.80. The number of nitrogens with zero attached hydrogens (tertiary/aromatic N) is 2. The Balaban J connectivity index is 2.57. The molecule has 25 heavy (non-hydrogen) atoms. The highest BCUT2D eigenvalue weighted by Gasteiger charge is 2.42. The number of amides is 2. The van der Waals surface area contributed by atoms with E-state index < -0.39 is 23.6 Å². The van der Waals surface area contributed by atoms with E-state index in [-0.39, 0.29) is 11.6 Å². The normalized spacial score (nSPS) is 20.0. The maximum absolute atomic E-state index is 12.8. The molecule has 0 aromatic heterocycles. The van der Waals surface area contributed by atoms with Crippen molar-refractivity contribution in [3.63, 3.8) is 0 Å². The monoisotopic (exact) mass is 342 g/mol. The van der Waals surface area contributed by atoms with Crippen LogP contribution in [0.4, 0.5) is 4.79 Å². The van der Waals surface area contributed by atoms with E-state index in [1.807, 2.05) is 44.2 Å². The van der Waals surface area contributed by atoms with E-state index in [0.717, 1.165) is 5.56 Å². The first kappa shape index (κ1) is 18.9. The Morgan fingerprint density at radius 2 is 1.84 bits per heavy atom. The number of imide groups is 1. The van der Waals surface area contributed by atoms with Gasteiger partial charge < -0.3 is 4.74 Å². The van der Waals surface area contributed by atoms with Gasteiger partial charge >= 0.3 is 6.09 Å². The van der Waals surface area contributed by atoms with Crippen molar-refractivity contribution in [1.29, 1.82) is 0 Å². The Morgan fingerprint density at radius 3 is 2.32 bits per heavy atom. The summed E-state index contributed by atoms with van der Waals surface area (Å²) in [4.78, 5) is 31.4. The van der Waals surface area contributed by atoms with Crippen LogP contribution >= 0.6 is 0 Å². The summed E-state index contributed by atoms with van der Waals surface area (Å²) in [5.41, 5.74) is 1.16. The second-order valence-electron chi connectivity index (χ2n) is 7.38. The van der Waals surface area contributed by atoms with Gasteiger partial charge in [0, 0.05) is 0 Å². The predicted octanol–water partition coefficient (Wildman–Crippen LogP) is 4.18. The van der Waals surface area contributed by atoms with Crippen LogP contribution in [0.2, 0.25) is 0 Å². The van der Waals surface area contributed by atoms with Crippen LogP contribution in [0.25, 0.3) is 0 Å². The Hall–Kier alpha value is -2.43. The Labute approximate surface area is 149 Å². The van der Waals surface area contributed by atoms with Gasteiger partial charge in [0.15, 0.2) is 0 Å². The van der Waals surface area contributed by atoms with Crippen LogP contribution in [0.3, 0.4) is 0 Å². The van der Waals surface area contributed by atoms with Gasteiger partial charge in [-0.1, -0.05) is 50.3 Å². The molecule has 1 aliphatic rings. The van der Waals surface area contributed by atoms with Crippen molar-refractivity contribution in [3.05, 3.63) is 47.7 Å². The molecular weight excluding hydrogens is 316 g/mol. The molecule has 1 aliphatic heterocycles. The van der Waals surface area contributed by atoms with Gasteiger partial charge in [-0.25, -0.2) is 14.7 Å². The molecule has 2 rings (SSSR count). The molecule has 0 spiro atoms. The molecule has 0 aliphatic carbocycles. The van der Waals surface area contributed by atoms with Crippen molar-refractivity contribution in [2.45, 2.75) is 53.2 Å². The lowest BCUT2D eigenvalue weighted by Crippen LogP contribution is -2.55. The Morgan fingerprint density at radius 1 is 1.24 bits per heavy atom. The zero-order valence-corrected chi connectivity index (χ0v) is 15.7. The van der Waals surface area contributed by atoms with E-state index >= 15 is 0 Å². The zero-order valence-electron chi connectivity index (χ0n) is 15.7. The van der Waals surface area contributed by atoms with Crippen LogP contribution < -0.4 is 0 Å². The topological polar surface area (TPSA) is 59.0 Å². The molecule has 1 heterocycles. The van der Waals surface area contributed by atoms with Crippen LogP contribution in [-0.4, -0.2) is 34.3 Å². The minimum Gasteiger partial charge on any atom is -0.443 e. The van der Waals surface area contributed by atoms with Crippen molar-refractivity contribution >= 4 is 17.7 Å². The fraction of sp³-hybridized carbons (Fsp3) is 0.450. The molecule has 5 nitrogen and oxygen atoms in total. The molecule has 0 N–H and O–H groups in total. The van der Waals surface area contributed by atoms with Gasteiger partial charge in [0.1, 0.15) is 11.3 Å². The molecule has 1 atom stereocenters. The minimum absolute atomic E-state index is 0.00571. The summed E-state index contributed by atoms with van der Waals surface area (Å²) in [6.45, 7) is 11.0. The molecule has 134 valence electrons. The van der Waals surface area contributed by atoms with Crippen molar-refractivity contribution in [2.24, 2.45) is 10.9 Å². The number of aliphatic imine (C=N–C) groups is 1. The van der Waals surface area contributed by atoms with Gasteiger partial charge in [-0.3, -0.25) is 4.79 Å². The molecule has 1 aromatic rings. The molecule has 0 saturated heterocycles. The van der Waals surface area contributed by atoms with E-state index in [2.05, 4.69) is 4.99 Å². The number of ether oxygens (including phenoxy) is 1. The van der Waals surface area contributed by atoms with E-state index in [9.17, 15) is 9.59 Å². The second-order valence-corrected chi connectivity index (χ2v) is 7.38. The van der Waals surface area contributed by atoms with Gasteiger partial charge in [-0.05, 0) is 39.2 Å². The molecule has 1 aromatic carbocycles. The van der Waals surface area contributed by atoms with E-state index in [4.69, 9.17) is 4.74 Å². The molecule has 0 unspecified atom stereocenters. The summed E-state index contributed by atoms with van der Waals surface area (Å²) in [6, 6.07) is 9.14. The average molecular weight is 342 g/mol. The molecule has 5 heteroatoms. The molecular formula is C20H26N2O3. The lowest BCUT2D eigenvalue weighted by molar-refractivity contribution is -0.128. The Kier molecular flexibility index (Phi) is 5.45. The van der Waals surface area contributed by atoms with Gasteiger partial charge in [0.2, 0.25) is 0 Å². The third-order valence-corrected chi connectivity index (χ3v) is 3.80. The van der Waals surface area contributed by atoms with Gasteiger partial charge in [-0.2, -0.15) is 0 Å². The number of benzene rings is 1. The van der Waals surface area contributed by atoms with Crippen LogP contribution in [0.1, 0.15) is 47.1 Å². The predicted molar refractivity (Wildman–Crippen MR) is 98.4 cm³/mol. The second kappa shape index (κ2) is 7.21. The summed E-state index contributed by atoms with van der Waals surface area (Å²) in [5.74, 6) is -0.427. The van der Waals surface area contributed by atoms with E-state index in [0.29, 0.717) is 5.71 Å². The maximum atomic E-state index is 12.8. The molecule has 0 fully saturated rings. The van der Waals surface area contributed by atoms with Crippen LogP contribution in [0.5, 0.6) is 0 Å². The van der Waals surface area contributed by atoms with Crippen LogP contribution in [-0.2, 0) is 9.53 Å². The minimum atomic E-state index is -0.684. The molecule has 0 saturated carbocycles. The van der Waals surface area contributed by atoms with Gasteiger partial charge in [-0.15, -0.1) is 0 Å². The fourth-order valence-corrected chi connectivity index (χ4v) is 2.77.